The summed E-state index contributed by atoms with van der Waals surface area (Å²) >= 11 is 0. The van der Waals surface area contributed by atoms with Crippen LogP contribution in [0, 0.1) is 22.7 Å². The molecule has 2 aromatic rings. The van der Waals surface area contributed by atoms with Crippen LogP contribution in [0.5, 0.6) is 11.5 Å². The number of hydrogen-bond donors (Lipinski definition) is 2. The minimum absolute atomic E-state index is 0. The second-order valence-corrected chi connectivity index (χ2v) is 13.8. The van der Waals surface area contributed by atoms with Crippen LogP contribution in [-0.2, 0) is 33.3 Å². The van der Waals surface area contributed by atoms with Crippen LogP contribution in [0.2, 0.25) is 0 Å². The molecule has 0 spiro atoms. The summed E-state index contributed by atoms with van der Waals surface area (Å²) in [5, 5.41) is 43.0. The van der Waals surface area contributed by atoms with Crippen LogP contribution in [0.1, 0.15) is 101 Å². The number of carbonyl (C=O) groups excluding carboxylic acids is 2. The molecule has 2 saturated carbocycles. The zero-order valence-corrected chi connectivity index (χ0v) is 29.4. The van der Waals surface area contributed by atoms with Crippen molar-refractivity contribution in [1.29, 1.82) is 0 Å². The third kappa shape index (κ3) is 5.30. The number of carboxylic acids is 2. The van der Waals surface area contributed by atoms with Crippen molar-refractivity contribution < 1.29 is 30.0 Å². The molecule has 0 bridgehead atoms. The topological polar surface area (TPSA) is 121 Å². The van der Waals surface area contributed by atoms with E-state index in [9.17, 15) is 30.0 Å². The first-order valence-corrected chi connectivity index (χ1v) is 14.8. The number of benzene rings is 2. The first kappa shape index (κ1) is 32.5. The number of phenolic OH excluding ortho intramolecular Hbond substituents is 2. The Morgan fingerprint density at radius 2 is 1.05 bits per heavy atom. The largest absolute Gasteiger partial charge is 2.00 e. The van der Waals surface area contributed by atoms with Gasteiger partial charge in [0.2, 0.25) is 0 Å². The van der Waals surface area contributed by atoms with Gasteiger partial charge in [-0.15, -0.1) is 0 Å². The van der Waals surface area contributed by atoms with Gasteiger partial charge in [0.1, 0.15) is 11.5 Å². The van der Waals surface area contributed by atoms with Crippen molar-refractivity contribution in [3.05, 3.63) is 58.7 Å². The molecule has 0 amide bonds. The van der Waals surface area contributed by atoms with Gasteiger partial charge in [0.25, 0.3) is 0 Å². The number of aliphatic carboxylic acids is 2. The zero-order valence-electron chi connectivity index (χ0n) is 24.9. The van der Waals surface area contributed by atoms with E-state index in [1.165, 1.54) is 11.1 Å². The van der Waals surface area contributed by atoms with Gasteiger partial charge in [0, 0.05) is 22.8 Å². The fourth-order valence-electron chi connectivity index (χ4n) is 9.38. The van der Waals surface area contributed by atoms with Crippen LogP contribution in [0.4, 0.5) is 0 Å². The van der Waals surface area contributed by atoms with Gasteiger partial charge in [-0.3, -0.25) is 0 Å². The number of carbonyl (C=O) groups is 2. The number of hydrogen-bond acceptors (Lipinski definition) is 6. The third-order valence-corrected chi connectivity index (χ3v) is 11.6. The van der Waals surface area contributed by atoms with E-state index in [0.717, 1.165) is 62.5 Å². The van der Waals surface area contributed by atoms with Crippen molar-refractivity contribution in [3.63, 3.8) is 0 Å². The molecule has 0 aliphatic heterocycles. The minimum Gasteiger partial charge on any atom is -0.550 e. The molecule has 7 heteroatoms. The number of aromatic hydroxyl groups is 2. The summed E-state index contributed by atoms with van der Waals surface area (Å²) in [6, 6.07) is 11.1. The Balaban J connectivity index is 0.000000184. The molecular formula is C34H42BaO6. The molecule has 6 unspecified atom stereocenters. The van der Waals surface area contributed by atoms with Gasteiger partial charge in [-0.05, 0) is 121 Å². The van der Waals surface area contributed by atoms with Gasteiger partial charge in [-0.25, -0.2) is 0 Å². The van der Waals surface area contributed by atoms with E-state index in [0.29, 0.717) is 12.8 Å². The van der Waals surface area contributed by atoms with Gasteiger partial charge in [0.15, 0.2) is 0 Å². The Hall–Kier alpha value is -1.45. The second kappa shape index (κ2) is 11.6. The first-order valence-electron chi connectivity index (χ1n) is 14.8. The Labute approximate surface area is 284 Å². The SMILES string of the molecule is CC1(C(=O)[O-])CCCC2(C)c3cc(O)ccc3CCC12.CC1(C(=O)[O-])CCCC2(C)c3cc(O)ccc3CCC12.[Ba+2]. The molecule has 0 saturated heterocycles. The van der Waals surface area contributed by atoms with Gasteiger partial charge < -0.3 is 30.0 Å². The second-order valence-electron chi connectivity index (χ2n) is 13.8. The summed E-state index contributed by atoms with van der Waals surface area (Å²) in [7, 11) is 0. The van der Waals surface area contributed by atoms with Gasteiger partial charge in [-0.2, -0.15) is 0 Å². The standard InChI is InChI=1S/2C17H22O3.Ba/c2*1-16-8-3-9-17(2,15(19)20)14(16)7-5-11-4-6-12(18)10-13(11)16;/h2*4,6,10,14,18H,3,5,7-9H2,1-2H3,(H,19,20);/q;;+2/p-2. The molecule has 6 atom stereocenters. The molecule has 6 rings (SSSR count). The monoisotopic (exact) mass is 684 g/mol. The minimum atomic E-state index is -0.919. The van der Waals surface area contributed by atoms with E-state index in [1.54, 1.807) is 12.1 Å². The van der Waals surface area contributed by atoms with E-state index < -0.39 is 22.8 Å². The molecule has 4 aliphatic rings. The Bertz CT molecular complexity index is 1240. The fraction of sp³-hybridized carbons (Fsp3) is 0.588. The molecule has 0 heterocycles. The summed E-state index contributed by atoms with van der Waals surface area (Å²) < 4.78 is 0. The normalized spacial score (nSPS) is 35.1. The molecule has 41 heavy (non-hydrogen) atoms. The molecule has 6 nitrogen and oxygen atoms in total. The van der Waals surface area contributed by atoms with Gasteiger partial charge >= 0.3 is 48.9 Å². The average Bonchev–Trinajstić information content (AvgIpc) is 2.89. The number of fused-ring (bicyclic) bond motifs is 6. The molecule has 0 aromatic heterocycles. The van der Waals surface area contributed by atoms with Crippen molar-refractivity contribution in [2.24, 2.45) is 22.7 Å². The van der Waals surface area contributed by atoms with E-state index >= 15 is 0 Å². The van der Waals surface area contributed by atoms with Crippen LogP contribution in [0.3, 0.4) is 0 Å². The van der Waals surface area contributed by atoms with E-state index in [2.05, 4.69) is 13.8 Å². The summed E-state index contributed by atoms with van der Waals surface area (Å²) in [4.78, 5) is 23.4. The Morgan fingerprint density at radius 3 is 1.39 bits per heavy atom. The van der Waals surface area contributed by atoms with E-state index in [4.69, 9.17) is 0 Å². The van der Waals surface area contributed by atoms with E-state index in [1.807, 2.05) is 38.1 Å². The average molecular weight is 684 g/mol. The van der Waals surface area contributed by atoms with E-state index in [-0.39, 0.29) is 83.0 Å². The molecular weight excluding hydrogens is 642 g/mol. The number of phenols is 2. The van der Waals surface area contributed by atoms with Crippen molar-refractivity contribution in [1.82, 2.24) is 0 Å². The van der Waals surface area contributed by atoms with Gasteiger partial charge in [-0.1, -0.05) is 52.7 Å². The fourth-order valence-corrected chi connectivity index (χ4v) is 9.38. The van der Waals surface area contributed by atoms with Crippen molar-refractivity contribution in [2.75, 3.05) is 0 Å². The molecule has 2 N–H and O–H groups in total. The molecule has 0 radical (unpaired) electrons. The number of aryl methyl sites for hydroxylation is 2. The maximum absolute atomic E-state index is 11.7. The van der Waals surface area contributed by atoms with Crippen molar-refractivity contribution in [3.8, 4) is 11.5 Å². The maximum atomic E-state index is 11.7. The maximum Gasteiger partial charge on any atom is 2.00 e. The summed E-state index contributed by atoms with van der Waals surface area (Å²) in [6.45, 7) is 8.02. The zero-order chi connectivity index (χ0) is 29.1. The Kier molecular flexibility index (Phi) is 9.16. The van der Waals surface area contributed by atoms with Crippen LogP contribution >= 0.6 is 0 Å². The van der Waals surface area contributed by atoms with Crippen molar-refractivity contribution in [2.45, 2.75) is 103 Å². The predicted octanol–water partition coefficient (Wildman–Crippen LogP) is 3.92. The smallest absolute Gasteiger partial charge is 0.550 e. The molecule has 2 fully saturated rings. The van der Waals surface area contributed by atoms with Crippen LogP contribution in [-0.4, -0.2) is 71.0 Å². The Morgan fingerprint density at radius 1 is 0.683 bits per heavy atom. The summed E-state index contributed by atoms with van der Waals surface area (Å²) in [5.74, 6) is -1.13. The third-order valence-electron chi connectivity index (χ3n) is 11.6. The summed E-state index contributed by atoms with van der Waals surface area (Å²) in [6.07, 6.45) is 8.70. The van der Waals surface area contributed by atoms with Gasteiger partial charge in [0.05, 0.1) is 0 Å². The quantitative estimate of drug-likeness (QED) is 0.463. The van der Waals surface area contributed by atoms with Crippen LogP contribution in [0.15, 0.2) is 36.4 Å². The molecule has 4 aliphatic carbocycles. The summed E-state index contributed by atoms with van der Waals surface area (Å²) in [5.41, 5.74) is 2.94. The van der Waals surface area contributed by atoms with Crippen molar-refractivity contribution >= 4 is 60.8 Å². The number of rotatable bonds is 2. The van der Waals surface area contributed by atoms with Crippen LogP contribution in [0.25, 0.3) is 0 Å². The number of carboxylic acid groups (broad SMARTS) is 2. The van der Waals surface area contributed by atoms with Crippen LogP contribution < -0.4 is 10.2 Å². The predicted molar refractivity (Wildman–Crippen MR) is 154 cm³/mol. The first-order chi connectivity index (χ1) is 18.8. The molecule has 2 aromatic carbocycles. The molecule has 216 valence electrons.